The number of imidazole rings is 1. The van der Waals surface area contributed by atoms with E-state index >= 15 is 0 Å². The first-order valence-electron chi connectivity index (χ1n) is 7.27. The van der Waals surface area contributed by atoms with Gasteiger partial charge in [0.25, 0.3) is 0 Å². The van der Waals surface area contributed by atoms with Crippen molar-refractivity contribution in [2.24, 2.45) is 0 Å². The van der Waals surface area contributed by atoms with Crippen molar-refractivity contribution in [1.29, 1.82) is 0 Å². The summed E-state index contributed by atoms with van der Waals surface area (Å²) in [4.78, 5) is 17.7. The maximum absolute atomic E-state index is 12.7. The molecular formula is C15H18ClN3OS. The molecule has 2 aromatic rings. The highest BCUT2D eigenvalue weighted by molar-refractivity contribution is 7.71. The van der Waals surface area contributed by atoms with Crippen LogP contribution in [-0.4, -0.2) is 33.4 Å². The minimum atomic E-state index is -0.317. The molecular weight excluding hydrogens is 306 g/mol. The first-order chi connectivity index (χ1) is 10.1. The maximum atomic E-state index is 12.7. The first kappa shape index (κ1) is 14.6. The molecule has 2 heterocycles. The van der Waals surface area contributed by atoms with Gasteiger partial charge in [0.15, 0.2) is 4.77 Å². The number of H-pyrrole nitrogens is 1. The molecule has 1 aliphatic heterocycles. The molecule has 1 unspecified atom stereocenters. The van der Waals surface area contributed by atoms with Gasteiger partial charge in [-0.2, -0.15) is 0 Å². The summed E-state index contributed by atoms with van der Waals surface area (Å²) in [6.07, 6.45) is 3.38. The van der Waals surface area contributed by atoms with Gasteiger partial charge in [0.2, 0.25) is 5.91 Å². The Balaban J connectivity index is 1.99. The highest BCUT2D eigenvalue weighted by Gasteiger charge is 2.25. The predicted molar refractivity (Wildman–Crippen MR) is 87.3 cm³/mol. The molecule has 6 heteroatoms. The number of aromatic nitrogens is 2. The number of hydrogen-bond donors (Lipinski definition) is 1. The van der Waals surface area contributed by atoms with E-state index in [1.165, 1.54) is 6.42 Å². The highest BCUT2D eigenvalue weighted by Crippen LogP contribution is 2.26. The second-order valence-corrected chi connectivity index (χ2v) is 6.29. The summed E-state index contributed by atoms with van der Waals surface area (Å²) in [5.74, 6) is 0.131. The Morgan fingerprint density at radius 3 is 2.76 bits per heavy atom. The smallest absolute Gasteiger partial charge is 0.245 e. The zero-order valence-electron chi connectivity index (χ0n) is 11.9. The third-order valence-electron chi connectivity index (χ3n) is 4.11. The van der Waals surface area contributed by atoms with Crippen LogP contribution in [-0.2, 0) is 4.79 Å². The normalized spacial score (nSPS) is 17.1. The van der Waals surface area contributed by atoms with Gasteiger partial charge >= 0.3 is 0 Å². The molecule has 0 radical (unpaired) electrons. The molecule has 0 spiro atoms. The number of carbonyl (C=O) groups is 1. The number of benzene rings is 1. The van der Waals surface area contributed by atoms with Gasteiger partial charge in [-0.3, -0.25) is 4.79 Å². The third-order valence-corrected chi connectivity index (χ3v) is 4.73. The van der Waals surface area contributed by atoms with E-state index < -0.39 is 0 Å². The van der Waals surface area contributed by atoms with Gasteiger partial charge in [0.05, 0.1) is 16.1 Å². The molecule has 0 saturated carbocycles. The number of carbonyl (C=O) groups excluding carboxylic acids is 1. The van der Waals surface area contributed by atoms with Gasteiger partial charge < -0.3 is 14.5 Å². The van der Waals surface area contributed by atoms with Crippen LogP contribution in [0.4, 0.5) is 0 Å². The molecule has 1 aromatic heterocycles. The van der Waals surface area contributed by atoms with Gasteiger partial charge in [-0.25, -0.2) is 0 Å². The fourth-order valence-corrected chi connectivity index (χ4v) is 3.56. The number of amides is 1. The van der Waals surface area contributed by atoms with Gasteiger partial charge in [-0.15, -0.1) is 0 Å². The van der Waals surface area contributed by atoms with Crippen LogP contribution in [0.5, 0.6) is 0 Å². The van der Waals surface area contributed by atoms with Crippen molar-refractivity contribution >= 4 is 40.8 Å². The van der Waals surface area contributed by atoms with Gasteiger partial charge in [-0.1, -0.05) is 17.7 Å². The van der Waals surface area contributed by atoms with Crippen LogP contribution >= 0.6 is 23.8 Å². The number of piperidine rings is 1. The van der Waals surface area contributed by atoms with Crippen molar-refractivity contribution in [2.45, 2.75) is 32.2 Å². The molecule has 4 nitrogen and oxygen atoms in total. The lowest BCUT2D eigenvalue weighted by molar-refractivity contribution is -0.135. The minimum absolute atomic E-state index is 0.131. The first-order valence-corrected chi connectivity index (χ1v) is 8.05. The zero-order valence-corrected chi connectivity index (χ0v) is 13.5. The molecule has 1 N–H and O–H groups in total. The van der Waals surface area contributed by atoms with Crippen LogP contribution in [0.2, 0.25) is 5.02 Å². The van der Waals surface area contributed by atoms with Crippen LogP contribution in [0.25, 0.3) is 11.0 Å². The number of aromatic amines is 1. The number of hydrogen-bond acceptors (Lipinski definition) is 2. The van der Waals surface area contributed by atoms with Gasteiger partial charge in [0, 0.05) is 13.1 Å². The quantitative estimate of drug-likeness (QED) is 0.851. The van der Waals surface area contributed by atoms with Crippen LogP contribution in [0.1, 0.15) is 32.2 Å². The third kappa shape index (κ3) is 2.60. The Kier molecular flexibility index (Phi) is 4.04. The van der Waals surface area contributed by atoms with Crippen molar-refractivity contribution in [3.05, 3.63) is 28.0 Å². The largest absolute Gasteiger partial charge is 0.341 e. The highest BCUT2D eigenvalue weighted by atomic mass is 35.5. The standard InChI is InChI=1S/C15H18ClN3OS/c1-10(14(20)18-8-3-2-4-9-18)19-12-7-5-6-11(16)13(12)17-15(19)21/h5-7,10H,2-4,8-9H2,1H3,(H,17,21). The topological polar surface area (TPSA) is 41.0 Å². The summed E-state index contributed by atoms with van der Waals surface area (Å²) in [7, 11) is 0. The fourth-order valence-electron chi connectivity index (χ4n) is 2.99. The number of likely N-dealkylation sites (tertiary alicyclic amines) is 1. The lowest BCUT2D eigenvalue weighted by Crippen LogP contribution is -2.39. The van der Waals surface area contributed by atoms with E-state index in [1.807, 2.05) is 34.6 Å². The number of fused-ring (bicyclic) bond motifs is 1. The van der Waals surface area contributed by atoms with Crippen molar-refractivity contribution in [3.8, 4) is 0 Å². The molecule has 3 rings (SSSR count). The number of para-hydroxylation sites is 1. The lowest BCUT2D eigenvalue weighted by Gasteiger charge is -2.29. The summed E-state index contributed by atoms with van der Waals surface area (Å²) in [5, 5.41) is 0.620. The van der Waals surface area contributed by atoms with Crippen molar-refractivity contribution < 1.29 is 4.79 Å². The van der Waals surface area contributed by atoms with E-state index in [-0.39, 0.29) is 11.9 Å². The second-order valence-electron chi connectivity index (χ2n) is 5.50. The molecule has 112 valence electrons. The molecule has 0 aliphatic carbocycles. The summed E-state index contributed by atoms with van der Waals surface area (Å²) >= 11 is 11.6. The average molecular weight is 324 g/mol. The van der Waals surface area contributed by atoms with E-state index in [0.29, 0.717) is 9.79 Å². The van der Waals surface area contributed by atoms with Crippen molar-refractivity contribution in [3.63, 3.8) is 0 Å². The van der Waals surface area contributed by atoms with E-state index in [0.717, 1.165) is 37.0 Å². The number of nitrogens with one attached hydrogen (secondary N) is 1. The lowest BCUT2D eigenvalue weighted by atomic mass is 10.1. The molecule has 1 fully saturated rings. The summed E-state index contributed by atoms with van der Waals surface area (Å²) in [5.41, 5.74) is 1.67. The fraction of sp³-hybridized carbons (Fsp3) is 0.467. The molecule has 1 aromatic carbocycles. The maximum Gasteiger partial charge on any atom is 0.245 e. The van der Waals surface area contributed by atoms with Crippen molar-refractivity contribution in [2.75, 3.05) is 13.1 Å². The summed E-state index contributed by atoms with van der Waals surface area (Å²) < 4.78 is 2.41. The average Bonchev–Trinajstić information content (AvgIpc) is 2.84. The Bertz CT molecular complexity index is 730. The van der Waals surface area contributed by atoms with Crippen LogP contribution in [0.15, 0.2) is 18.2 Å². The van der Waals surface area contributed by atoms with E-state index in [4.69, 9.17) is 23.8 Å². The molecule has 1 amide bonds. The van der Waals surface area contributed by atoms with Gasteiger partial charge in [-0.05, 0) is 50.5 Å². The molecule has 1 aliphatic rings. The number of halogens is 1. The molecule has 1 atom stereocenters. The van der Waals surface area contributed by atoms with Crippen LogP contribution in [0, 0.1) is 4.77 Å². The van der Waals surface area contributed by atoms with Crippen molar-refractivity contribution in [1.82, 2.24) is 14.5 Å². The molecule has 1 saturated heterocycles. The Morgan fingerprint density at radius 2 is 2.05 bits per heavy atom. The summed E-state index contributed by atoms with van der Waals surface area (Å²) in [6.45, 7) is 3.60. The van der Waals surface area contributed by atoms with Crippen LogP contribution < -0.4 is 0 Å². The van der Waals surface area contributed by atoms with E-state index in [2.05, 4.69) is 4.98 Å². The molecule has 21 heavy (non-hydrogen) atoms. The Hall–Kier alpha value is -1.33. The summed E-state index contributed by atoms with van der Waals surface area (Å²) in [6, 6.07) is 5.31. The second kappa shape index (κ2) is 5.81. The predicted octanol–water partition coefficient (Wildman–Crippen LogP) is 3.93. The number of rotatable bonds is 2. The molecule has 0 bridgehead atoms. The van der Waals surface area contributed by atoms with Gasteiger partial charge in [0.1, 0.15) is 6.04 Å². The van der Waals surface area contributed by atoms with E-state index in [1.54, 1.807) is 0 Å². The SMILES string of the molecule is CC(C(=O)N1CCCCC1)n1c(=S)[nH]c2c(Cl)cccc21. The Labute approximate surface area is 133 Å². The van der Waals surface area contributed by atoms with E-state index in [9.17, 15) is 4.79 Å². The monoisotopic (exact) mass is 323 g/mol. The zero-order chi connectivity index (χ0) is 15.0. The number of nitrogens with zero attached hydrogens (tertiary/aromatic N) is 2. The Morgan fingerprint density at radius 1 is 1.33 bits per heavy atom. The minimum Gasteiger partial charge on any atom is -0.341 e. The van der Waals surface area contributed by atoms with Crippen LogP contribution in [0.3, 0.4) is 0 Å².